The molecule has 0 saturated carbocycles. The van der Waals surface area contributed by atoms with Crippen LogP contribution in [-0.2, 0) is 6.54 Å². The van der Waals surface area contributed by atoms with E-state index in [4.69, 9.17) is 0 Å². The van der Waals surface area contributed by atoms with Gasteiger partial charge in [-0.25, -0.2) is 0 Å². The first-order valence-corrected chi connectivity index (χ1v) is 8.25. The maximum atomic E-state index is 12.1. The van der Waals surface area contributed by atoms with Crippen LogP contribution in [0, 0.1) is 0 Å². The van der Waals surface area contributed by atoms with Gasteiger partial charge >= 0.3 is 6.36 Å². The van der Waals surface area contributed by atoms with Gasteiger partial charge in [-0.1, -0.05) is 34.5 Å². The normalized spacial score (nSPS) is 20.5. The predicted octanol–water partition coefficient (Wildman–Crippen LogP) is 4.72. The third-order valence-electron chi connectivity index (χ3n) is 3.73. The van der Waals surface area contributed by atoms with Gasteiger partial charge in [0, 0.05) is 17.9 Å². The van der Waals surface area contributed by atoms with Crippen LogP contribution in [0.15, 0.2) is 24.3 Å². The number of piperidine rings is 1. The van der Waals surface area contributed by atoms with E-state index in [1.165, 1.54) is 31.4 Å². The van der Waals surface area contributed by atoms with Crippen LogP contribution in [0.25, 0.3) is 0 Å². The average molecular weight is 366 g/mol. The molecule has 1 saturated heterocycles. The number of hydrogen-bond acceptors (Lipinski definition) is 2. The molecule has 1 aliphatic rings. The molecule has 0 aliphatic carbocycles. The van der Waals surface area contributed by atoms with Gasteiger partial charge in [0.05, 0.1) is 0 Å². The van der Waals surface area contributed by atoms with Crippen molar-refractivity contribution in [3.63, 3.8) is 0 Å². The SMILES string of the molecule is FC(F)(F)Oc1ccc(CN2CCCCC2CCBr)cc1. The summed E-state index contributed by atoms with van der Waals surface area (Å²) < 4.78 is 40.2. The summed E-state index contributed by atoms with van der Waals surface area (Å²) in [6.07, 6.45) is 0.117. The average Bonchev–Trinajstić information content (AvgIpc) is 2.42. The Morgan fingerprint density at radius 1 is 1.19 bits per heavy atom. The van der Waals surface area contributed by atoms with Crippen LogP contribution in [0.2, 0.25) is 0 Å². The summed E-state index contributed by atoms with van der Waals surface area (Å²) in [6.45, 7) is 1.84. The summed E-state index contributed by atoms with van der Waals surface area (Å²) >= 11 is 3.49. The first kappa shape index (κ1) is 16.6. The molecule has 1 fully saturated rings. The van der Waals surface area contributed by atoms with Crippen LogP contribution in [0.3, 0.4) is 0 Å². The standard InChI is InChI=1S/C15H19BrF3NO/c16-9-8-13-3-1-2-10-20(13)11-12-4-6-14(7-5-12)21-15(17,18)19/h4-7,13H,1-3,8-11H2. The van der Waals surface area contributed by atoms with Gasteiger partial charge in [-0.2, -0.15) is 0 Å². The molecule has 0 spiro atoms. The minimum absolute atomic E-state index is 0.165. The second-order valence-electron chi connectivity index (χ2n) is 5.29. The maximum Gasteiger partial charge on any atom is 0.573 e. The summed E-state index contributed by atoms with van der Waals surface area (Å²) in [4.78, 5) is 2.42. The number of ether oxygens (including phenoxy) is 1. The molecule has 6 heteroatoms. The number of alkyl halides is 4. The maximum absolute atomic E-state index is 12.1. The molecule has 2 rings (SSSR count). The van der Waals surface area contributed by atoms with Gasteiger partial charge in [0.1, 0.15) is 5.75 Å². The summed E-state index contributed by atoms with van der Waals surface area (Å²) in [5.74, 6) is -0.165. The highest BCUT2D eigenvalue weighted by molar-refractivity contribution is 9.09. The van der Waals surface area contributed by atoms with Crippen molar-refractivity contribution in [2.24, 2.45) is 0 Å². The predicted molar refractivity (Wildman–Crippen MR) is 79.6 cm³/mol. The molecule has 0 N–H and O–H groups in total. The molecule has 1 aromatic rings. The first-order valence-electron chi connectivity index (χ1n) is 7.12. The van der Waals surface area contributed by atoms with Gasteiger partial charge in [-0.05, 0) is 43.5 Å². The van der Waals surface area contributed by atoms with Crippen LogP contribution in [-0.4, -0.2) is 29.2 Å². The minimum Gasteiger partial charge on any atom is -0.406 e. The Balaban J connectivity index is 1.95. The molecule has 1 unspecified atom stereocenters. The van der Waals surface area contributed by atoms with Crippen molar-refractivity contribution in [3.8, 4) is 5.75 Å². The molecule has 1 aliphatic heterocycles. The Morgan fingerprint density at radius 2 is 1.90 bits per heavy atom. The Labute approximate surface area is 131 Å². The van der Waals surface area contributed by atoms with E-state index in [2.05, 4.69) is 25.6 Å². The third-order valence-corrected chi connectivity index (χ3v) is 4.19. The van der Waals surface area contributed by atoms with Gasteiger partial charge in [-0.3, -0.25) is 4.90 Å². The summed E-state index contributed by atoms with van der Waals surface area (Å²) in [6, 6.07) is 6.74. The van der Waals surface area contributed by atoms with E-state index in [1.54, 1.807) is 12.1 Å². The molecule has 118 valence electrons. The molecule has 1 heterocycles. The highest BCUT2D eigenvalue weighted by Gasteiger charge is 2.31. The molecule has 21 heavy (non-hydrogen) atoms. The largest absolute Gasteiger partial charge is 0.573 e. The van der Waals surface area contributed by atoms with E-state index in [0.717, 1.165) is 30.4 Å². The van der Waals surface area contributed by atoms with E-state index in [9.17, 15) is 13.2 Å². The topological polar surface area (TPSA) is 12.5 Å². The molecular weight excluding hydrogens is 347 g/mol. The molecular formula is C15H19BrF3NO. The summed E-state index contributed by atoms with van der Waals surface area (Å²) in [5, 5.41) is 0.979. The van der Waals surface area contributed by atoms with Crippen molar-refractivity contribution in [1.29, 1.82) is 0 Å². The van der Waals surface area contributed by atoms with E-state index in [0.29, 0.717) is 6.04 Å². The number of hydrogen-bond donors (Lipinski definition) is 0. The lowest BCUT2D eigenvalue weighted by Crippen LogP contribution is -2.39. The first-order chi connectivity index (χ1) is 9.98. The molecule has 0 bridgehead atoms. The summed E-state index contributed by atoms with van der Waals surface area (Å²) in [7, 11) is 0. The Bertz CT molecular complexity index is 434. The fourth-order valence-electron chi connectivity index (χ4n) is 2.75. The monoisotopic (exact) mass is 365 g/mol. The number of likely N-dealkylation sites (tertiary alicyclic amines) is 1. The lowest BCUT2D eigenvalue weighted by Gasteiger charge is -2.35. The van der Waals surface area contributed by atoms with Crippen molar-refractivity contribution in [2.45, 2.75) is 44.6 Å². The van der Waals surface area contributed by atoms with Crippen LogP contribution >= 0.6 is 15.9 Å². The Morgan fingerprint density at radius 3 is 2.52 bits per heavy atom. The Kier molecular flexibility index (Phi) is 5.93. The van der Waals surface area contributed by atoms with Gasteiger partial charge in [0.2, 0.25) is 0 Å². The van der Waals surface area contributed by atoms with Crippen LogP contribution in [0.1, 0.15) is 31.2 Å². The fraction of sp³-hybridized carbons (Fsp3) is 0.600. The molecule has 2 nitrogen and oxygen atoms in total. The molecule has 0 radical (unpaired) electrons. The van der Waals surface area contributed by atoms with Gasteiger partial charge in [-0.15, -0.1) is 13.2 Å². The Hall–Kier alpha value is -0.750. The van der Waals surface area contributed by atoms with Crippen molar-refractivity contribution >= 4 is 15.9 Å². The van der Waals surface area contributed by atoms with Crippen molar-refractivity contribution in [3.05, 3.63) is 29.8 Å². The minimum atomic E-state index is -4.63. The lowest BCUT2D eigenvalue weighted by molar-refractivity contribution is -0.274. The van der Waals surface area contributed by atoms with Crippen molar-refractivity contribution < 1.29 is 17.9 Å². The lowest BCUT2D eigenvalue weighted by atomic mass is 9.99. The van der Waals surface area contributed by atoms with Gasteiger partial charge in [0.15, 0.2) is 0 Å². The van der Waals surface area contributed by atoms with E-state index < -0.39 is 6.36 Å². The summed E-state index contributed by atoms with van der Waals surface area (Å²) in [5.41, 5.74) is 1.02. The highest BCUT2D eigenvalue weighted by atomic mass is 79.9. The van der Waals surface area contributed by atoms with Crippen LogP contribution in [0.4, 0.5) is 13.2 Å². The van der Waals surface area contributed by atoms with E-state index in [-0.39, 0.29) is 5.75 Å². The van der Waals surface area contributed by atoms with E-state index in [1.807, 2.05) is 0 Å². The molecule has 0 amide bonds. The van der Waals surface area contributed by atoms with Crippen LogP contribution < -0.4 is 4.74 Å². The zero-order valence-corrected chi connectivity index (χ0v) is 13.3. The van der Waals surface area contributed by atoms with Gasteiger partial charge in [0.25, 0.3) is 0 Å². The number of nitrogens with zero attached hydrogens (tertiary/aromatic N) is 1. The highest BCUT2D eigenvalue weighted by Crippen LogP contribution is 2.25. The fourth-order valence-corrected chi connectivity index (χ4v) is 3.28. The smallest absolute Gasteiger partial charge is 0.406 e. The van der Waals surface area contributed by atoms with E-state index >= 15 is 0 Å². The quantitative estimate of drug-likeness (QED) is 0.699. The van der Waals surface area contributed by atoms with Crippen molar-refractivity contribution in [2.75, 3.05) is 11.9 Å². The number of rotatable bonds is 5. The second kappa shape index (κ2) is 7.49. The van der Waals surface area contributed by atoms with Crippen molar-refractivity contribution in [1.82, 2.24) is 4.90 Å². The second-order valence-corrected chi connectivity index (χ2v) is 6.08. The number of benzene rings is 1. The third kappa shape index (κ3) is 5.51. The molecule has 1 aromatic carbocycles. The van der Waals surface area contributed by atoms with Crippen LogP contribution in [0.5, 0.6) is 5.75 Å². The molecule has 1 atom stereocenters. The van der Waals surface area contributed by atoms with Gasteiger partial charge < -0.3 is 4.74 Å². The molecule has 0 aromatic heterocycles. The zero-order chi connectivity index (χ0) is 15.3. The zero-order valence-electron chi connectivity index (χ0n) is 11.7. The number of halogens is 4.